The summed E-state index contributed by atoms with van der Waals surface area (Å²) in [5.74, 6) is -0.790. The van der Waals surface area contributed by atoms with Gasteiger partial charge in [0.15, 0.2) is 9.84 Å². The van der Waals surface area contributed by atoms with Gasteiger partial charge in [-0.05, 0) is 18.6 Å². The Bertz CT molecular complexity index is 485. The van der Waals surface area contributed by atoms with E-state index in [4.69, 9.17) is 5.73 Å². The van der Waals surface area contributed by atoms with Gasteiger partial charge in [0, 0.05) is 12.6 Å². The fourth-order valence-electron chi connectivity index (χ4n) is 1.24. The Morgan fingerprint density at radius 3 is 2.53 bits per heavy atom. The topological polar surface area (TPSA) is 73.0 Å². The van der Waals surface area contributed by atoms with Crippen molar-refractivity contribution in [2.45, 2.75) is 23.9 Å². The zero-order valence-corrected chi connectivity index (χ0v) is 9.55. The van der Waals surface area contributed by atoms with E-state index in [-0.39, 0.29) is 10.7 Å². The summed E-state index contributed by atoms with van der Waals surface area (Å²) in [4.78, 5) is 3.36. The van der Waals surface area contributed by atoms with Gasteiger partial charge in [-0.1, -0.05) is 0 Å². The van der Waals surface area contributed by atoms with Crippen LogP contribution < -0.4 is 5.73 Å². The summed E-state index contributed by atoms with van der Waals surface area (Å²) >= 11 is 0. The Morgan fingerprint density at radius 1 is 1.35 bits per heavy atom. The second-order valence-electron chi connectivity index (χ2n) is 3.42. The molecule has 0 aliphatic heterocycles. The Kier molecular flexibility index (Phi) is 3.97. The summed E-state index contributed by atoms with van der Waals surface area (Å²) < 4.78 is 58.9. The molecule has 0 atom stereocenters. The molecule has 0 saturated heterocycles. The third-order valence-corrected chi connectivity index (χ3v) is 3.85. The lowest BCUT2D eigenvalue weighted by Gasteiger charge is -2.08. The van der Waals surface area contributed by atoms with E-state index in [1.807, 2.05) is 0 Å². The van der Waals surface area contributed by atoms with Crippen LogP contribution in [0.2, 0.25) is 0 Å². The Morgan fingerprint density at radius 2 is 2.00 bits per heavy atom. The van der Waals surface area contributed by atoms with Crippen molar-refractivity contribution in [2.75, 3.05) is 11.5 Å². The van der Waals surface area contributed by atoms with E-state index in [1.165, 1.54) is 18.3 Å². The summed E-state index contributed by atoms with van der Waals surface area (Å²) in [6, 6.07) is 2.60. The standard InChI is InChI=1S/C9H11F3N2O2S/c10-9(11,12)4-2-6-17(15,16)7-3-1-5-14-8(7)13/h1,3,5H,2,4,6H2,(H2,13,14). The lowest BCUT2D eigenvalue weighted by molar-refractivity contribution is -0.134. The monoisotopic (exact) mass is 268 g/mol. The zero-order chi connectivity index (χ0) is 13.1. The van der Waals surface area contributed by atoms with Crippen LogP contribution in [0, 0.1) is 0 Å². The lowest BCUT2D eigenvalue weighted by atomic mass is 10.3. The first-order valence-electron chi connectivity index (χ1n) is 4.72. The van der Waals surface area contributed by atoms with Gasteiger partial charge in [0.05, 0.1) is 5.75 Å². The first-order valence-corrected chi connectivity index (χ1v) is 6.37. The number of sulfone groups is 1. The van der Waals surface area contributed by atoms with Crippen LogP contribution in [0.1, 0.15) is 12.8 Å². The highest BCUT2D eigenvalue weighted by molar-refractivity contribution is 7.91. The zero-order valence-electron chi connectivity index (χ0n) is 8.74. The smallest absolute Gasteiger partial charge is 0.383 e. The second kappa shape index (κ2) is 4.91. The van der Waals surface area contributed by atoms with E-state index in [2.05, 4.69) is 4.98 Å². The molecule has 0 aliphatic rings. The maximum Gasteiger partial charge on any atom is 0.389 e. The molecular formula is C9H11F3N2O2S. The first kappa shape index (κ1) is 13.8. The van der Waals surface area contributed by atoms with Crippen molar-refractivity contribution in [3.63, 3.8) is 0 Å². The van der Waals surface area contributed by atoms with Gasteiger partial charge in [-0.2, -0.15) is 13.2 Å². The van der Waals surface area contributed by atoms with E-state index in [1.54, 1.807) is 0 Å². The fraction of sp³-hybridized carbons (Fsp3) is 0.444. The number of aromatic nitrogens is 1. The van der Waals surface area contributed by atoms with Gasteiger partial charge in [-0.25, -0.2) is 13.4 Å². The summed E-state index contributed by atoms with van der Waals surface area (Å²) in [5.41, 5.74) is 5.35. The summed E-state index contributed by atoms with van der Waals surface area (Å²) in [5, 5.41) is 0. The molecule has 1 heterocycles. The van der Waals surface area contributed by atoms with Crippen LogP contribution in [0.15, 0.2) is 23.2 Å². The van der Waals surface area contributed by atoms with Gasteiger partial charge >= 0.3 is 6.18 Å². The number of rotatable bonds is 4. The van der Waals surface area contributed by atoms with E-state index in [0.717, 1.165) is 0 Å². The average molecular weight is 268 g/mol. The summed E-state index contributed by atoms with van der Waals surface area (Å²) in [7, 11) is -3.80. The quantitative estimate of drug-likeness (QED) is 0.903. The molecule has 0 aliphatic carbocycles. The predicted molar refractivity (Wildman–Crippen MR) is 56.0 cm³/mol. The molecule has 0 bridgehead atoms. The number of alkyl halides is 3. The third-order valence-electron chi connectivity index (χ3n) is 2.01. The van der Waals surface area contributed by atoms with Crippen molar-refractivity contribution >= 4 is 15.7 Å². The maximum atomic E-state index is 11.9. The molecule has 17 heavy (non-hydrogen) atoms. The molecule has 96 valence electrons. The van der Waals surface area contributed by atoms with Crippen LogP contribution in [0.4, 0.5) is 19.0 Å². The molecule has 8 heteroatoms. The molecule has 0 aromatic carbocycles. The number of hydrogen-bond acceptors (Lipinski definition) is 4. The number of nitrogen functional groups attached to an aromatic ring is 1. The molecule has 1 aromatic heterocycles. The predicted octanol–water partition coefficient (Wildman–Crippen LogP) is 1.78. The number of nitrogens with zero attached hydrogens (tertiary/aromatic N) is 1. The third kappa shape index (κ3) is 4.22. The van der Waals surface area contributed by atoms with Crippen molar-refractivity contribution in [2.24, 2.45) is 0 Å². The van der Waals surface area contributed by atoms with Crippen LogP contribution in [0.3, 0.4) is 0 Å². The van der Waals surface area contributed by atoms with Crippen LogP contribution >= 0.6 is 0 Å². The Labute approximate surface area is 96.6 Å². The van der Waals surface area contributed by atoms with Crippen molar-refractivity contribution in [3.05, 3.63) is 18.3 Å². The van der Waals surface area contributed by atoms with E-state index >= 15 is 0 Å². The minimum atomic E-state index is -4.35. The number of hydrogen-bond donors (Lipinski definition) is 1. The molecular weight excluding hydrogens is 257 g/mol. The molecule has 1 rings (SSSR count). The fourth-order valence-corrected chi connectivity index (χ4v) is 2.64. The van der Waals surface area contributed by atoms with Gasteiger partial charge in [0.25, 0.3) is 0 Å². The first-order chi connectivity index (χ1) is 7.72. The Balaban J connectivity index is 2.74. The molecule has 0 radical (unpaired) electrons. The molecule has 2 N–H and O–H groups in total. The van der Waals surface area contributed by atoms with Crippen LogP contribution in [0.25, 0.3) is 0 Å². The SMILES string of the molecule is Nc1ncccc1S(=O)(=O)CCCC(F)(F)F. The summed E-state index contributed by atoms with van der Waals surface area (Å²) in [6.45, 7) is 0. The molecule has 1 aromatic rings. The van der Waals surface area contributed by atoms with Crippen LogP contribution in [-0.4, -0.2) is 25.3 Å². The van der Waals surface area contributed by atoms with Crippen molar-refractivity contribution < 1.29 is 21.6 Å². The van der Waals surface area contributed by atoms with Gasteiger partial charge in [0.2, 0.25) is 0 Å². The van der Waals surface area contributed by atoms with Crippen LogP contribution in [0.5, 0.6) is 0 Å². The average Bonchev–Trinajstić information content (AvgIpc) is 2.15. The second-order valence-corrected chi connectivity index (χ2v) is 5.50. The highest BCUT2D eigenvalue weighted by Gasteiger charge is 2.28. The van der Waals surface area contributed by atoms with Gasteiger partial charge in [-0.3, -0.25) is 0 Å². The largest absolute Gasteiger partial charge is 0.389 e. The molecule has 0 unspecified atom stereocenters. The van der Waals surface area contributed by atoms with Gasteiger partial charge < -0.3 is 5.73 Å². The normalized spacial score (nSPS) is 12.6. The van der Waals surface area contributed by atoms with Crippen molar-refractivity contribution in [3.8, 4) is 0 Å². The number of pyridine rings is 1. The molecule has 0 spiro atoms. The highest BCUT2D eigenvalue weighted by atomic mass is 32.2. The van der Waals surface area contributed by atoms with Crippen molar-refractivity contribution in [1.82, 2.24) is 4.98 Å². The van der Waals surface area contributed by atoms with Gasteiger partial charge in [0.1, 0.15) is 10.7 Å². The lowest BCUT2D eigenvalue weighted by Crippen LogP contribution is -2.14. The highest BCUT2D eigenvalue weighted by Crippen LogP contribution is 2.23. The van der Waals surface area contributed by atoms with E-state index < -0.39 is 34.6 Å². The van der Waals surface area contributed by atoms with E-state index in [0.29, 0.717) is 0 Å². The molecule has 4 nitrogen and oxygen atoms in total. The minimum absolute atomic E-state index is 0.195. The van der Waals surface area contributed by atoms with Gasteiger partial charge in [-0.15, -0.1) is 0 Å². The maximum absolute atomic E-state index is 11.9. The number of nitrogens with two attached hydrogens (primary N) is 1. The molecule has 0 saturated carbocycles. The summed E-state index contributed by atoms with van der Waals surface area (Å²) in [6.07, 6.45) is -4.66. The molecule has 0 amide bonds. The number of anilines is 1. The van der Waals surface area contributed by atoms with Crippen molar-refractivity contribution in [1.29, 1.82) is 0 Å². The minimum Gasteiger partial charge on any atom is -0.383 e. The molecule has 0 fully saturated rings. The Hall–Kier alpha value is -1.31. The van der Waals surface area contributed by atoms with Crippen LogP contribution in [-0.2, 0) is 9.84 Å². The van der Waals surface area contributed by atoms with E-state index in [9.17, 15) is 21.6 Å². The number of halogens is 3.